The van der Waals surface area contributed by atoms with Crippen molar-refractivity contribution in [3.63, 3.8) is 0 Å². The number of fused-ring (bicyclic) bond motifs is 2. The van der Waals surface area contributed by atoms with Crippen LogP contribution in [0.3, 0.4) is 0 Å². The van der Waals surface area contributed by atoms with Crippen molar-refractivity contribution in [1.29, 1.82) is 0 Å². The number of carbonyl (C=O) groups excluding carboxylic acids is 1. The molecule has 5 rings (SSSR count). The second kappa shape index (κ2) is 8.98. The molecule has 0 saturated carbocycles. The Morgan fingerprint density at radius 2 is 1.94 bits per heavy atom. The summed E-state index contributed by atoms with van der Waals surface area (Å²) in [5, 5.41) is 18.0. The molecule has 0 bridgehead atoms. The highest BCUT2D eigenvalue weighted by Gasteiger charge is 2.24. The number of carboxylic acids is 1. The third kappa shape index (κ3) is 4.29. The Morgan fingerprint density at radius 3 is 2.76 bits per heavy atom. The molecule has 4 aromatic rings. The molecule has 1 N–H and O–H groups in total. The summed E-state index contributed by atoms with van der Waals surface area (Å²) in [5.74, 6) is -0.178. The van der Waals surface area contributed by atoms with Crippen LogP contribution in [0.1, 0.15) is 22.5 Å². The zero-order valence-corrected chi connectivity index (χ0v) is 18.4. The van der Waals surface area contributed by atoms with E-state index in [1.54, 1.807) is 6.07 Å². The number of rotatable bonds is 7. The number of nitrogens with zero attached hydrogens (tertiary/aromatic N) is 7. The lowest BCUT2D eigenvalue weighted by Gasteiger charge is -2.35. The number of hydrogen-bond donors (Lipinski definition) is 1. The number of thiophene rings is 1. The number of hydrogen-bond acceptors (Lipinski definition) is 9. The summed E-state index contributed by atoms with van der Waals surface area (Å²) in [6, 6.07) is 9.14. The quantitative estimate of drug-likeness (QED) is 0.404. The van der Waals surface area contributed by atoms with Gasteiger partial charge < -0.3 is 19.7 Å². The zero-order valence-electron chi connectivity index (χ0n) is 17.6. The molecule has 1 aliphatic heterocycles. The predicted octanol–water partition coefficient (Wildman–Crippen LogP) is 1.69. The van der Waals surface area contributed by atoms with E-state index in [0.29, 0.717) is 56.3 Å². The molecule has 11 nitrogen and oxygen atoms in total. The van der Waals surface area contributed by atoms with Gasteiger partial charge in [0.1, 0.15) is 39.5 Å². The molecule has 1 fully saturated rings. The molecule has 0 aliphatic carbocycles. The average Bonchev–Trinajstić information content (AvgIpc) is 3.46. The van der Waals surface area contributed by atoms with Gasteiger partial charge in [-0.1, -0.05) is 17.0 Å². The predicted molar refractivity (Wildman–Crippen MR) is 121 cm³/mol. The van der Waals surface area contributed by atoms with Crippen molar-refractivity contribution in [2.45, 2.75) is 12.8 Å². The molecule has 1 saturated heterocycles. The lowest BCUT2D eigenvalue weighted by atomic mass is 10.2. The molecule has 1 aliphatic rings. The lowest BCUT2D eigenvalue weighted by Crippen LogP contribution is -2.49. The van der Waals surface area contributed by atoms with E-state index < -0.39 is 5.97 Å². The minimum atomic E-state index is -0.972. The van der Waals surface area contributed by atoms with Gasteiger partial charge in [-0.2, -0.15) is 0 Å². The molecule has 0 atom stereocenters. The number of piperazine rings is 1. The second-order valence-electron chi connectivity index (χ2n) is 7.59. The largest absolute Gasteiger partial charge is 0.477 e. The number of carboxylic acid groups (broad SMARTS) is 1. The first-order valence-electron chi connectivity index (χ1n) is 10.5. The van der Waals surface area contributed by atoms with Crippen LogP contribution >= 0.6 is 11.3 Å². The van der Waals surface area contributed by atoms with Crippen molar-refractivity contribution < 1.29 is 19.5 Å². The summed E-state index contributed by atoms with van der Waals surface area (Å²) in [4.78, 5) is 44.3. The zero-order chi connectivity index (χ0) is 22.8. The Kier molecular flexibility index (Phi) is 5.73. The van der Waals surface area contributed by atoms with Crippen LogP contribution in [0.4, 0.5) is 5.82 Å². The highest BCUT2D eigenvalue weighted by molar-refractivity contribution is 7.20. The van der Waals surface area contributed by atoms with Crippen molar-refractivity contribution >= 4 is 50.3 Å². The fraction of sp³-hybridized carbons (Fsp3) is 0.333. The van der Waals surface area contributed by atoms with Crippen LogP contribution in [0.25, 0.3) is 21.3 Å². The maximum absolute atomic E-state index is 12.6. The third-order valence-electron chi connectivity index (χ3n) is 5.52. The van der Waals surface area contributed by atoms with Gasteiger partial charge in [-0.15, -0.1) is 16.4 Å². The number of aromatic nitrogens is 5. The Morgan fingerprint density at radius 1 is 1.12 bits per heavy atom. The standard InChI is InChI=1S/C21H21N7O4S/c29-18(6-3-11-32-28-16-5-2-1-4-15(16)24-25-28)26-7-9-27(10-8-26)19-14-12-17(21(30)31)33-20(14)23-13-22-19/h1-2,4-5,12-13H,3,6-11H2,(H,30,31). The first kappa shape index (κ1) is 21.1. The van der Waals surface area contributed by atoms with Gasteiger partial charge >= 0.3 is 5.97 Å². The van der Waals surface area contributed by atoms with Crippen LogP contribution in [-0.4, -0.2) is 79.8 Å². The number of aromatic carboxylic acids is 1. The number of benzene rings is 1. The van der Waals surface area contributed by atoms with E-state index in [2.05, 4.69) is 25.2 Å². The van der Waals surface area contributed by atoms with E-state index in [-0.39, 0.29) is 10.8 Å². The Labute approximate surface area is 192 Å². The maximum atomic E-state index is 12.6. The smallest absolute Gasteiger partial charge is 0.345 e. The second-order valence-corrected chi connectivity index (χ2v) is 8.62. The summed E-state index contributed by atoms with van der Waals surface area (Å²) in [7, 11) is 0. The minimum Gasteiger partial charge on any atom is -0.477 e. The van der Waals surface area contributed by atoms with Crippen molar-refractivity contribution in [3.8, 4) is 0 Å². The summed E-state index contributed by atoms with van der Waals surface area (Å²) in [6.45, 7) is 2.76. The fourth-order valence-electron chi connectivity index (χ4n) is 3.84. The van der Waals surface area contributed by atoms with Gasteiger partial charge in [-0.05, 0) is 29.8 Å². The van der Waals surface area contributed by atoms with Crippen molar-refractivity contribution in [3.05, 3.63) is 41.5 Å². The molecule has 1 aromatic carbocycles. The van der Waals surface area contributed by atoms with Gasteiger partial charge in [0, 0.05) is 32.6 Å². The van der Waals surface area contributed by atoms with Crippen molar-refractivity contribution in [1.82, 2.24) is 30.0 Å². The SMILES string of the molecule is O=C(O)c1cc2c(N3CCN(C(=O)CCCOn4nnc5ccccc54)CC3)ncnc2s1. The summed E-state index contributed by atoms with van der Waals surface area (Å²) in [5.41, 5.74) is 1.55. The number of para-hydroxylation sites is 1. The van der Waals surface area contributed by atoms with E-state index >= 15 is 0 Å². The first-order chi connectivity index (χ1) is 16.1. The van der Waals surface area contributed by atoms with Crippen molar-refractivity contribution in [2.75, 3.05) is 37.7 Å². The number of carbonyl (C=O) groups is 2. The molecule has 3 aromatic heterocycles. The Bertz CT molecular complexity index is 1310. The lowest BCUT2D eigenvalue weighted by molar-refractivity contribution is -0.131. The van der Waals surface area contributed by atoms with Gasteiger partial charge in [-0.3, -0.25) is 4.79 Å². The van der Waals surface area contributed by atoms with Crippen LogP contribution in [0.15, 0.2) is 36.7 Å². The summed E-state index contributed by atoms with van der Waals surface area (Å²) >= 11 is 1.14. The highest BCUT2D eigenvalue weighted by Crippen LogP contribution is 2.30. The molecule has 33 heavy (non-hydrogen) atoms. The maximum Gasteiger partial charge on any atom is 0.345 e. The first-order valence-corrected chi connectivity index (χ1v) is 11.4. The fourth-order valence-corrected chi connectivity index (χ4v) is 4.68. The third-order valence-corrected chi connectivity index (χ3v) is 6.55. The van der Waals surface area contributed by atoms with Gasteiger partial charge in [-0.25, -0.2) is 14.8 Å². The van der Waals surface area contributed by atoms with Gasteiger partial charge in [0.2, 0.25) is 5.91 Å². The topological polar surface area (TPSA) is 127 Å². The molecule has 0 unspecified atom stereocenters. The highest BCUT2D eigenvalue weighted by atomic mass is 32.1. The van der Waals surface area contributed by atoms with Crippen LogP contribution in [0, 0.1) is 0 Å². The Hall–Kier alpha value is -3.80. The average molecular weight is 468 g/mol. The van der Waals surface area contributed by atoms with E-state index in [1.807, 2.05) is 29.2 Å². The molecule has 0 radical (unpaired) electrons. The minimum absolute atomic E-state index is 0.0817. The van der Waals surface area contributed by atoms with Gasteiger partial charge in [0.15, 0.2) is 0 Å². The molecule has 0 spiro atoms. The van der Waals surface area contributed by atoms with Crippen molar-refractivity contribution in [2.24, 2.45) is 0 Å². The molecular formula is C21H21N7O4S. The van der Waals surface area contributed by atoms with Crippen LogP contribution in [-0.2, 0) is 4.79 Å². The van der Waals surface area contributed by atoms with E-state index in [0.717, 1.165) is 27.8 Å². The van der Waals surface area contributed by atoms with E-state index in [4.69, 9.17) is 4.84 Å². The van der Waals surface area contributed by atoms with Gasteiger partial charge in [0.05, 0.1) is 5.39 Å². The van der Waals surface area contributed by atoms with Crippen LogP contribution in [0.5, 0.6) is 0 Å². The van der Waals surface area contributed by atoms with E-state index in [9.17, 15) is 14.7 Å². The number of anilines is 1. The summed E-state index contributed by atoms with van der Waals surface area (Å²) in [6.07, 6.45) is 2.42. The summed E-state index contributed by atoms with van der Waals surface area (Å²) < 4.78 is 0. The van der Waals surface area contributed by atoms with E-state index in [1.165, 1.54) is 11.2 Å². The normalized spacial score (nSPS) is 14.2. The molecular weight excluding hydrogens is 446 g/mol. The molecule has 170 valence electrons. The van der Waals surface area contributed by atoms with Gasteiger partial charge in [0.25, 0.3) is 0 Å². The Balaban J connectivity index is 1.12. The number of amides is 1. The molecule has 12 heteroatoms. The molecule has 4 heterocycles. The molecule has 1 amide bonds. The van der Waals surface area contributed by atoms with Crippen LogP contribution < -0.4 is 9.74 Å². The monoisotopic (exact) mass is 467 g/mol. The van der Waals surface area contributed by atoms with Crippen LogP contribution in [0.2, 0.25) is 0 Å².